The predicted octanol–water partition coefficient (Wildman–Crippen LogP) is 2.88. The maximum absolute atomic E-state index is 10.7. The molecule has 0 saturated carbocycles. The number of benzene rings is 2. The first-order chi connectivity index (χ1) is 11.5. The van der Waals surface area contributed by atoms with Gasteiger partial charge in [0.05, 0.1) is 0 Å². The minimum absolute atomic E-state index is 0.154. The van der Waals surface area contributed by atoms with Crippen LogP contribution in [-0.4, -0.2) is 22.7 Å². The van der Waals surface area contributed by atoms with Crippen LogP contribution in [0.1, 0.15) is 11.1 Å². The lowest BCUT2D eigenvalue weighted by Crippen LogP contribution is -2.19. The summed E-state index contributed by atoms with van der Waals surface area (Å²) in [6.45, 7) is 3.94. The van der Waals surface area contributed by atoms with Crippen LogP contribution in [0.5, 0.6) is 5.75 Å². The highest BCUT2D eigenvalue weighted by Crippen LogP contribution is 2.25. The van der Waals surface area contributed by atoms with Gasteiger partial charge in [-0.2, -0.15) is 4.98 Å². The number of nitrogens with two attached hydrogens (primary N) is 1. The lowest BCUT2D eigenvalue weighted by atomic mass is 10.1. The van der Waals surface area contributed by atoms with E-state index in [9.17, 15) is 4.79 Å². The van der Waals surface area contributed by atoms with Crippen molar-refractivity contribution in [1.29, 1.82) is 0 Å². The van der Waals surface area contributed by atoms with Crippen LogP contribution in [0.3, 0.4) is 0 Å². The highest BCUT2D eigenvalue weighted by atomic mass is 16.5. The molecule has 24 heavy (non-hydrogen) atoms. The Morgan fingerprint density at radius 2 is 1.79 bits per heavy atom. The van der Waals surface area contributed by atoms with Crippen molar-refractivity contribution in [2.75, 3.05) is 6.61 Å². The van der Waals surface area contributed by atoms with Crippen LogP contribution in [0.15, 0.2) is 47.0 Å². The van der Waals surface area contributed by atoms with Crippen LogP contribution in [-0.2, 0) is 4.79 Å². The fourth-order valence-corrected chi connectivity index (χ4v) is 2.19. The quantitative estimate of drug-likeness (QED) is 0.779. The van der Waals surface area contributed by atoms with Crippen molar-refractivity contribution in [2.45, 2.75) is 13.8 Å². The smallest absolute Gasteiger partial charge is 0.258 e. The van der Waals surface area contributed by atoms with Gasteiger partial charge in [0.25, 0.3) is 11.8 Å². The summed E-state index contributed by atoms with van der Waals surface area (Å²) >= 11 is 0. The first-order valence-corrected chi connectivity index (χ1v) is 7.46. The number of aryl methyl sites for hydroxylation is 2. The Balaban J connectivity index is 1.80. The number of primary amides is 1. The number of rotatable bonds is 5. The minimum atomic E-state index is -0.518. The minimum Gasteiger partial charge on any atom is -0.484 e. The molecular weight excluding hydrogens is 306 g/mol. The van der Waals surface area contributed by atoms with Gasteiger partial charge in [0.2, 0.25) is 5.82 Å². The Labute approximate surface area is 139 Å². The molecule has 6 heteroatoms. The van der Waals surface area contributed by atoms with Crippen molar-refractivity contribution in [3.05, 3.63) is 53.6 Å². The summed E-state index contributed by atoms with van der Waals surface area (Å²) in [6.07, 6.45) is 0. The number of amides is 1. The molecule has 0 radical (unpaired) electrons. The second-order valence-corrected chi connectivity index (χ2v) is 5.50. The third-order valence-electron chi connectivity index (χ3n) is 3.67. The molecule has 0 spiro atoms. The summed E-state index contributed by atoms with van der Waals surface area (Å²) in [6, 6.07) is 13.1. The summed E-state index contributed by atoms with van der Waals surface area (Å²) in [5, 5.41) is 4.02. The molecule has 0 unspecified atom stereocenters. The van der Waals surface area contributed by atoms with E-state index in [1.165, 1.54) is 11.1 Å². The number of aromatic nitrogens is 2. The maximum atomic E-state index is 10.7. The number of carbonyl (C=O) groups excluding carboxylic acids is 1. The van der Waals surface area contributed by atoms with Gasteiger partial charge >= 0.3 is 0 Å². The Morgan fingerprint density at radius 1 is 1.08 bits per heavy atom. The average molecular weight is 323 g/mol. The second kappa shape index (κ2) is 6.54. The van der Waals surface area contributed by atoms with Crippen LogP contribution >= 0.6 is 0 Å². The molecule has 122 valence electrons. The molecule has 0 bridgehead atoms. The van der Waals surface area contributed by atoms with E-state index in [0.29, 0.717) is 17.5 Å². The van der Waals surface area contributed by atoms with Gasteiger partial charge in [0.1, 0.15) is 5.75 Å². The maximum Gasteiger partial charge on any atom is 0.258 e. The monoisotopic (exact) mass is 323 g/mol. The Hall–Kier alpha value is -3.15. The van der Waals surface area contributed by atoms with Crippen LogP contribution < -0.4 is 10.5 Å². The largest absolute Gasteiger partial charge is 0.484 e. The van der Waals surface area contributed by atoms with Gasteiger partial charge in [0.15, 0.2) is 6.61 Å². The van der Waals surface area contributed by atoms with E-state index in [1.54, 1.807) is 24.3 Å². The van der Waals surface area contributed by atoms with Crippen molar-refractivity contribution in [1.82, 2.24) is 10.1 Å². The summed E-state index contributed by atoms with van der Waals surface area (Å²) in [5.74, 6) is 0.998. The highest BCUT2D eigenvalue weighted by molar-refractivity contribution is 5.75. The molecule has 6 nitrogen and oxygen atoms in total. The van der Waals surface area contributed by atoms with E-state index in [4.69, 9.17) is 15.0 Å². The summed E-state index contributed by atoms with van der Waals surface area (Å²) in [5.41, 5.74) is 9.10. The molecule has 1 heterocycles. The van der Waals surface area contributed by atoms with E-state index in [2.05, 4.69) is 17.1 Å². The van der Waals surface area contributed by atoms with Gasteiger partial charge in [-0.25, -0.2) is 0 Å². The number of nitrogens with zero attached hydrogens (tertiary/aromatic N) is 2. The standard InChI is InChI=1S/C18H17N3O3/c1-11-3-4-14(9-12(11)2)18-20-17(21-24-18)13-5-7-15(8-6-13)23-10-16(19)22/h3-9H,10H2,1-2H3,(H2,19,22). The van der Waals surface area contributed by atoms with Crippen LogP contribution in [0.4, 0.5) is 0 Å². The number of ether oxygens (including phenoxy) is 1. The third kappa shape index (κ3) is 3.43. The van der Waals surface area contributed by atoms with E-state index in [1.807, 2.05) is 25.1 Å². The van der Waals surface area contributed by atoms with Gasteiger partial charge in [-0.1, -0.05) is 11.2 Å². The lowest BCUT2D eigenvalue weighted by molar-refractivity contribution is -0.119. The first kappa shape index (κ1) is 15.7. The summed E-state index contributed by atoms with van der Waals surface area (Å²) in [4.78, 5) is 15.1. The van der Waals surface area contributed by atoms with Crippen LogP contribution in [0.25, 0.3) is 22.8 Å². The van der Waals surface area contributed by atoms with E-state index >= 15 is 0 Å². The molecule has 0 aliphatic carbocycles. The first-order valence-electron chi connectivity index (χ1n) is 7.46. The molecule has 0 saturated heterocycles. The zero-order valence-corrected chi connectivity index (χ0v) is 13.4. The van der Waals surface area contributed by atoms with Crippen molar-refractivity contribution in [3.8, 4) is 28.6 Å². The summed E-state index contributed by atoms with van der Waals surface area (Å²) in [7, 11) is 0. The van der Waals surface area contributed by atoms with Gasteiger partial charge in [-0.3, -0.25) is 4.79 Å². The molecular formula is C18H17N3O3. The zero-order chi connectivity index (χ0) is 17.1. The van der Waals surface area contributed by atoms with Crippen molar-refractivity contribution in [3.63, 3.8) is 0 Å². The predicted molar refractivity (Wildman–Crippen MR) is 89.3 cm³/mol. The van der Waals surface area contributed by atoms with Crippen LogP contribution in [0, 0.1) is 13.8 Å². The highest BCUT2D eigenvalue weighted by Gasteiger charge is 2.11. The van der Waals surface area contributed by atoms with E-state index < -0.39 is 5.91 Å². The molecule has 0 fully saturated rings. The fraction of sp³-hybridized carbons (Fsp3) is 0.167. The summed E-state index contributed by atoms with van der Waals surface area (Å²) < 4.78 is 10.6. The fourth-order valence-electron chi connectivity index (χ4n) is 2.19. The molecule has 3 aromatic rings. The Morgan fingerprint density at radius 3 is 2.46 bits per heavy atom. The van der Waals surface area contributed by atoms with E-state index in [-0.39, 0.29) is 6.61 Å². The molecule has 3 rings (SSSR count). The third-order valence-corrected chi connectivity index (χ3v) is 3.67. The van der Waals surface area contributed by atoms with Crippen molar-refractivity contribution >= 4 is 5.91 Å². The molecule has 0 aliphatic heterocycles. The Kier molecular flexibility index (Phi) is 4.29. The number of carbonyl (C=O) groups is 1. The van der Waals surface area contributed by atoms with Gasteiger partial charge in [-0.05, 0) is 61.4 Å². The lowest BCUT2D eigenvalue weighted by Gasteiger charge is -2.03. The molecule has 2 N–H and O–H groups in total. The van der Waals surface area contributed by atoms with E-state index in [0.717, 1.165) is 11.1 Å². The second-order valence-electron chi connectivity index (χ2n) is 5.50. The topological polar surface area (TPSA) is 91.2 Å². The average Bonchev–Trinajstić information content (AvgIpc) is 3.06. The molecule has 0 aliphatic rings. The SMILES string of the molecule is Cc1ccc(-c2nc(-c3ccc(OCC(N)=O)cc3)no2)cc1C. The Bertz CT molecular complexity index is 869. The molecule has 0 atom stereocenters. The zero-order valence-electron chi connectivity index (χ0n) is 13.4. The van der Waals surface area contributed by atoms with Gasteiger partial charge in [0, 0.05) is 11.1 Å². The van der Waals surface area contributed by atoms with Gasteiger partial charge < -0.3 is 15.0 Å². The van der Waals surface area contributed by atoms with Gasteiger partial charge in [-0.15, -0.1) is 0 Å². The molecule has 2 aromatic carbocycles. The van der Waals surface area contributed by atoms with Crippen LogP contribution in [0.2, 0.25) is 0 Å². The van der Waals surface area contributed by atoms with Crippen molar-refractivity contribution in [2.24, 2.45) is 5.73 Å². The number of hydrogen-bond acceptors (Lipinski definition) is 5. The number of hydrogen-bond donors (Lipinski definition) is 1. The molecule has 1 aromatic heterocycles. The molecule has 1 amide bonds. The normalized spacial score (nSPS) is 10.6. The van der Waals surface area contributed by atoms with Crippen molar-refractivity contribution < 1.29 is 14.1 Å².